The zero-order valence-electron chi connectivity index (χ0n) is 9.71. The Morgan fingerprint density at radius 1 is 1.22 bits per heavy atom. The molecule has 0 saturated carbocycles. The van der Waals surface area contributed by atoms with Crippen molar-refractivity contribution in [3.05, 3.63) is 24.3 Å². The molecule has 2 N–H and O–H groups in total. The van der Waals surface area contributed by atoms with Gasteiger partial charge in [-0.3, -0.25) is 9.59 Å². The van der Waals surface area contributed by atoms with Crippen LogP contribution in [0.3, 0.4) is 0 Å². The molecule has 98 valence electrons. The third-order valence-electron chi connectivity index (χ3n) is 2.19. The van der Waals surface area contributed by atoms with Gasteiger partial charge in [0.25, 0.3) is 0 Å². The van der Waals surface area contributed by atoms with E-state index in [0.29, 0.717) is 5.69 Å². The van der Waals surface area contributed by atoms with Gasteiger partial charge in [0.1, 0.15) is 6.42 Å². The highest BCUT2D eigenvalue weighted by Crippen LogP contribution is 2.15. The van der Waals surface area contributed by atoms with Crippen LogP contribution in [0.1, 0.15) is 13.3 Å². The molecule has 1 aromatic carbocycles. The number of rotatable bonds is 5. The molecule has 0 aliphatic carbocycles. The fourth-order valence-electron chi connectivity index (χ4n) is 1.25. The minimum atomic E-state index is -3.27. The van der Waals surface area contributed by atoms with E-state index >= 15 is 0 Å². The van der Waals surface area contributed by atoms with Crippen LogP contribution in [0, 0.1) is 0 Å². The lowest BCUT2D eigenvalue weighted by molar-refractivity contribution is -0.139. The van der Waals surface area contributed by atoms with Crippen LogP contribution in [-0.2, 0) is 19.4 Å². The minimum Gasteiger partial charge on any atom is -0.481 e. The first-order valence-electron chi connectivity index (χ1n) is 5.19. The SMILES string of the molecule is CCS(=O)(=O)c1ccc(NC(=O)CC(=O)O)cc1. The molecule has 0 spiro atoms. The standard InChI is InChI=1S/C11H13NO5S/c1-2-18(16,17)9-5-3-8(4-6-9)12-10(13)7-11(14)15/h3-6H,2,7H2,1H3,(H,12,13)(H,14,15). The number of hydrogen-bond acceptors (Lipinski definition) is 4. The quantitative estimate of drug-likeness (QED) is 0.775. The third kappa shape index (κ3) is 3.85. The molecule has 0 bridgehead atoms. The van der Waals surface area contributed by atoms with E-state index in [1.165, 1.54) is 31.2 Å². The summed E-state index contributed by atoms with van der Waals surface area (Å²) in [5.41, 5.74) is 0.358. The predicted octanol–water partition coefficient (Wildman–Crippen LogP) is 0.893. The second-order valence-electron chi connectivity index (χ2n) is 3.55. The molecule has 0 fully saturated rings. The largest absolute Gasteiger partial charge is 0.481 e. The first-order valence-corrected chi connectivity index (χ1v) is 6.85. The van der Waals surface area contributed by atoms with Crippen molar-refractivity contribution < 1.29 is 23.1 Å². The molecular formula is C11H13NO5S. The van der Waals surface area contributed by atoms with Crippen molar-refractivity contribution in [3.8, 4) is 0 Å². The van der Waals surface area contributed by atoms with Crippen LogP contribution in [0.25, 0.3) is 0 Å². The molecule has 1 rings (SSSR count). The van der Waals surface area contributed by atoms with E-state index in [9.17, 15) is 18.0 Å². The summed E-state index contributed by atoms with van der Waals surface area (Å²) in [7, 11) is -3.27. The number of carboxylic acid groups (broad SMARTS) is 1. The number of anilines is 1. The van der Waals surface area contributed by atoms with Crippen molar-refractivity contribution in [3.63, 3.8) is 0 Å². The number of amides is 1. The van der Waals surface area contributed by atoms with E-state index in [2.05, 4.69) is 5.32 Å². The number of carboxylic acids is 1. The zero-order chi connectivity index (χ0) is 13.8. The van der Waals surface area contributed by atoms with Crippen LogP contribution in [0.2, 0.25) is 0 Å². The van der Waals surface area contributed by atoms with Gasteiger partial charge in [0.15, 0.2) is 9.84 Å². The number of carbonyl (C=O) groups excluding carboxylic acids is 1. The van der Waals surface area contributed by atoms with E-state index < -0.39 is 28.1 Å². The van der Waals surface area contributed by atoms with Crippen LogP contribution in [0.4, 0.5) is 5.69 Å². The Hall–Kier alpha value is -1.89. The summed E-state index contributed by atoms with van der Waals surface area (Å²) < 4.78 is 23.0. The van der Waals surface area contributed by atoms with E-state index in [4.69, 9.17) is 5.11 Å². The number of hydrogen-bond donors (Lipinski definition) is 2. The Morgan fingerprint density at radius 2 is 1.78 bits per heavy atom. The van der Waals surface area contributed by atoms with E-state index in [1.54, 1.807) is 0 Å². The summed E-state index contributed by atoms with van der Waals surface area (Å²) in [4.78, 5) is 21.6. The lowest BCUT2D eigenvalue weighted by Crippen LogP contribution is -2.15. The fourth-order valence-corrected chi connectivity index (χ4v) is 2.14. The van der Waals surface area contributed by atoms with Gasteiger partial charge in [0.05, 0.1) is 10.6 Å². The first-order chi connectivity index (χ1) is 8.35. The Balaban J connectivity index is 2.78. The zero-order valence-corrected chi connectivity index (χ0v) is 10.5. The summed E-state index contributed by atoms with van der Waals surface area (Å²) in [6.45, 7) is 1.54. The molecule has 7 heteroatoms. The summed E-state index contributed by atoms with van der Waals surface area (Å²) >= 11 is 0. The number of carbonyl (C=O) groups is 2. The molecule has 0 aliphatic rings. The van der Waals surface area contributed by atoms with E-state index in [1.807, 2.05) is 0 Å². The van der Waals surface area contributed by atoms with Crippen LogP contribution in [0.15, 0.2) is 29.2 Å². The normalized spacial score (nSPS) is 10.9. The average Bonchev–Trinajstić information content (AvgIpc) is 2.28. The van der Waals surface area contributed by atoms with Gasteiger partial charge in [-0.1, -0.05) is 6.92 Å². The average molecular weight is 271 g/mol. The Labute approximate surface area is 105 Å². The third-order valence-corrected chi connectivity index (χ3v) is 3.94. The van der Waals surface area contributed by atoms with Gasteiger partial charge in [0, 0.05) is 5.69 Å². The second kappa shape index (κ2) is 5.63. The molecular weight excluding hydrogens is 258 g/mol. The van der Waals surface area contributed by atoms with Crippen LogP contribution in [0.5, 0.6) is 0 Å². The van der Waals surface area contributed by atoms with Crippen molar-refractivity contribution in [2.45, 2.75) is 18.2 Å². The maximum atomic E-state index is 11.5. The topological polar surface area (TPSA) is 101 Å². The molecule has 6 nitrogen and oxygen atoms in total. The number of nitrogens with one attached hydrogen (secondary N) is 1. The van der Waals surface area contributed by atoms with Gasteiger partial charge in [-0.15, -0.1) is 0 Å². The van der Waals surface area contributed by atoms with Crippen molar-refractivity contribution in [1.29, 1.82) is 0 Å². The molecule has 0 radical (unpaired) electrons. The molecule has 18 heavy (non-hydrogen) atoms. The van der Waals surface area contributed by atoms with Crippen molar-refractivity contribution in [2.75, 3.05) is 11.1 Å². The lowest BCUT2D eigenvalue weighted by atomic mass is 10.3. The van der Waals surface area contributed by atoms with Crippen LogP contribution in [-0.4, -0.2) is 31.2 Å². The van der Waals surface area contributed by atoms with Gasteiger partial charge in [0.2, 0.25) is 5.91 Å². The molecule has 1 amide bonds. The van der Waals surface area contributed by atoms with Crippen molar-refractivity contribution in [2.24, 2.45) is 0 Å². The van der Waals surface area contributed by atoms with Crippen LogP contribution < -0.4 is 5.32 Å². The summed E-state index contributed by atoms with van der Waals surface area (Å²) in [5.74, 6) is -1.89. The molecule has 0 atom stereocenters. The van der Waals surface area contributed by atoms with Gasteiger partial charge in [-0.25, -0.2) is 8.42 Å². The van der Waals surface area contributed by atoms with Crippen molar-refractivity contribution in [1.82, 2.24) is 0 Å². The smallest absolute Gasteiger partial charge is 0.312 e. The van der Waals surface area contributed by atoms with E-state index in [0.717, 1.165) is 0 Å². The van der Waals surface area contributed by atoms with Gasteiger partial charge in [-0.05, 0) is 24.3 Å². The molecule has 0 aromatic heterocycles. The molecule has 0 saturated heterocycles. The Bertz CT molecular complexity index is 547. The summed E-state index contributed by atoms with van der Waals surface area (Å²) in [6, 6.07) is 5.58. The molecule has 1 aromatic rings. The first kappa shape index (κ1) is 14.2. The molecule has 0 heterocycles. The highest BCUT2D eigenvalue weighted by atomic mass is 32.2. The Kier molecular flexibility index (Phi) is 4.43. The summed E-state index contributed by atoms with van der Waals surface area (Å²) in [5, 5.41) is 10.8. The van der Waals surface area contributed by atoms with Crippen molar-refractivity contribution >= 4 is 27.4 Å². The number of aliphatic carboxylic acids is 1. The monoisotopic (exact) mass is 271 g/mol. The highest BCUT2D eigenvalue weighted by Gasteiger charge is 2.12. The lowest BCUT2D eigenvalue weighted by Gasteiger charge is -2.05. The summed E-state index contributed by atoms with van der Waals surface area (Å²) in [6.07, 6.45) is -0.630. The molecule has 0 aliphatic heterocycles. The number of benzene rings is 1. The van der Waals surface area contributed by atoms with Gasteiger partial charge in [-0.2, -0.15) is 0 Å². The van der Waals surface area contributed by atoms with Crippen LogP contribution >= 0.6 is 0 Å². The fraction of sp³-hybridized carbons (Fsp3) is 0.273. The second-order valence-corrected chi connectivity index (χ2v) is 5.82. The molecule has 0 unspecified atom stereocenters. The maximum absolute atomic E-state index is 11.5. The number of sulfone groups is 1. The maximum Gasteiger partial charge on any atom is 0.312 e. The van der Waals surface area contributed by atoms with Gasteiger partial charge < -0.3 is 10.4 Å². The van der Waals surface area contributed by atoms with E-state index in [-0.39, 0.29) is 10.6 Å². The highest BCUT2D eigenvalue weighted by molar-refractivity contribution is 7.91. The minimum absolute atomic E-state index is 0.00226. The van der Waals surface area contributed by atoms with Gasteiger partial charge >= 0.3 is 5.97 Å². The predicted molar refractivity (Wildman–Crippen MR) is 65.1 cm³/mol. The Morgan fingerprint density at radius 3 is 2.22 bits per heavy atom.